The molecule has 0 saturated heterocycles. The summed E-state index contributed by atoms with van der Waals surface area (Å²) in [7, 11) is 0. The summed E-state index contributed by atoms with van der Waals surface area (Å²) < 4.78 is 14.0. The van der Waals surface area contributed by atoms with Crippen LogP contribution in [0.4, 0.5) is 4.39 Å². The maximum absolute atomic E-state index is 13.5. The van der Waals surface area contributed by atoms with Crippen molar-refractivity contribution in [3.8, 4) is 0 Å². The highest BCUT2D eigenvalue weighted by Gasteiger charge is 2.16. The summed E-state index contributed by atoms with van der Waals surface area (Å²) in [6.45, 7) is 2.98. The fourth-order valence-corrected chi connectivity index (χ4v) is 2.33. The molecule has 0 spiro atoms. The molecule has 1 atom stereocenters. The highest BCUT2D eigenvalue weighted by Crippen LogP contribution is 2.25. The van der Waals surface area contributed by atoms with Crippen LogP contribution in [0, 0.1) is 5.82 Å². The van der Waals surface area contributed by atoms with Crippen LogP contribution in [0.3, 0.4) is 0 Å². The first-order valence-corrected chi connectivity index (χ1v) is 7.03. The predicted molar refractivity (Wildman–Crippen MR) is 75.2 cm³/mol. The van der Waals surface area contributed by atoms with Gasteiger partial charge < -0.3 is 5.32 Å². The van der Waals surface area contributed by atoms with Crippen molar-refractivity contribution < 1.29 is 4.39 Å². The van der Waals surface area contributed by atoms with Crippen LogP contribution in [-0.4, -0.2) is 22.0 Å². The van der Waals surface area contributed by atoms with Crippen LogP contribution in [-0.2, 0) is 6.42 Å². The first-order valence-electron chi connectivity index (χ1n) is 6.24. The molecule has 0 aliphatic heterocycles. The van der Waals surface area contributed by atoms with Gasteiger partial charge in [-0.15, -0.1) is 0 Å². The molecular weight excluding hydrogens is 311 g/mol. The molecule has 1 aromatic heterocycles. The molecule has 0 amide bonds. The maximum Gasteiger partial charge on any atom is 0.137 e. The van der Waals surface area contributed by atoms with Gasteiger partial charge in [-0.3, -0.25) is 0 Å². The van der Waals surface area contributed by atoms with E-state index in [-0.39, 0.29) is 11.9 Å². The molecule has 2 aromatic rings. The van der Waals surface area contributed by atoms with Gasteiger partial charge in [0, 0.05) is 0 Å². The van der Waals surface area contributed by atoms with Crippen LogP contribution in [0.5, 0.6) is 0 Å². The molecule has 6 heteroatoms. The van der Waals surface area contributed by atoms with E-state index in [4.69, 9.17) is 0 Å². The fraction of sp³-hybridized carbons (Fsp3) is 0.385. The van der Waals surface area contributed by atoms with E-state index in [1.54, 1.807) is 12.3 Å². The molecule has 2 rings (SSSR count). The minimum atomic E-state index is -0.244. The van der Waals surface area contributed by atoms with Gasteiger partial charge in [-0.1, -0.05) is 19.1 Å². The Hall–Kier alpha value is -1.27. The minimum absolute atomic E-state index is 0.0248. The largest absolute Gasteiger partial charge is 0.308 e. The second-order valence-corrected chi connectivity index (χ2v) is 5.11. The lowest BCUT2D eigenvalue weighted by atomic mass is 10.0. The van der Waals surface area contributed by atoms with Gasteiger partial charge in [-0.05, 0) is 46.9 Å². The number of benzene rings is 1. The van der Waals surface area contributed by atoms with Crippen molar-refractivity contribution in [2.45, 2.75) is 25.8 Å². The zero-order valence-electron chi connectivity index (χ0n) is 10.7. The molecule has 0 aliphatic carbocycles. The Labute approximate surface area is 119 Å². The Kier molecular flexibility index (Phi) is 5.04. The van der Waals surface area contributed by atoms with E-state index >= 15 is 0 Å². The van der Waals surface area contributed by atoms with Gasteiger partial charge in [-0.2, -0.15) is 15.4 Å². The third-order valence-electron chi connectivity index (χ3n) is 2.89. The molecule has 4 nitrogen and oxygen atoms in total. The smallest absolute Gasteiger partial charge is 0.137 e. The van der Waals surface area contributed by atoms with E-state index in [0.29, 0.717) is 10.9 Å². The van der Waals surface area contributed by atoms with Crippen LogP contribution >= 0.6 is 15.9 Å². The number of aromatic nitrogens is 3. The Morgan fingerprint density at radius 3 is 3.00 bits per heavy atom. The van der Waals surface area contributed by atoms with Gasteiger partial charge >= 0.3 is 0 Å². The summed E-state index contributed by atoms with van der Waals surface area (Å²) in [6.07, 6.45) is 3.38. The van der Waals surface area contributed by atoms with Crippen molar-refractivity contribution in [2.75, 3.05) is 6.54 Å². The molecule has 1 aromatic carbocycles. The Bertz CT molecular complexity index is 515. The molecule has 0 saturated carbocycles. The molecule has 0 aliphatic rings. The summed E-state index contributed by atoms with van der Waals surface area (Å²) in [5.74, 6) is -0.244. The number of halogens is 2. The lowest BCUT2D eigenvalue weighted by Crippen LogP contribution is -2.24. The minimum Gasteiger partial charge on any atom is -0.308 e. The number of rotatable bonds is 6. The van der Waals surface area contributed by atoms with Crippen LogP contribution in [0.15, 0.2) is 28.9 Å². The summed E-state index contributed by atoms with van der Waals surface area (Å²) in [4.78, 5) is 0. The van der Waals surface area contributed by atoms with Gasteiger partial charge in [0.25, 0.3) is 0 Å². The highest BCUT2D eigenvalue weighted by atomic mass is 79.9. The van der Waals surface area contributed by atoms with Crippen molar-refractivity contribution >= 4 is 15.9 Å². The molecule has 0 fully saturated rings. The third kappa shape index (κ3) is 3.61. The first kappa shape index (κ1) is 14.1. The zero-order chi connectivity index (χ0) is 13.7. The van der Waals surface area contributed by atoms with Crippen LogP contribution < -0.4 is 5.32 Å². The van der Waals surface area contributed by atoms with Gasteiger partial charge in [0.05, 0.1) is 22.4 Å². The average molecular weight is 327 g/mol. The highest BCUT2D eigenvalue weighted by molar-refractivity contribution is 9.10. The van der Waals surface area contributed by atoms with Gasteiger partial charge in [0.15, 0.2) is 0 Å². The summed E-state index contributed by atoms with van der Waals surface area (Å²) in [5, 5.41) is 14.0. The molecule has 0 bridgehead atoms. The Balaban J connectivity index is 2.18. The second-order valence-electron chi connectivity index (χ2n) is 4.32. The van der Waals surface area contributed by atoms with Crippen LogP contribution in [0.25, 0.3) is 0 Å². The number of aromatic amines is 1. The molecule has 2 N–H and O–H groups in total. The second kappa shape index (κ2) is 6.77. The standard InChI is InChI=1S/C13H16BrFN4/c1-2-6-16-11(12-8-17-19-18-12)7-9-4-3-5-10(15)13(9)14/h3-5,8,11,16H,2,6-7H2,1H3,(H,17,18,19). The van der Waals surface area contributed by atoms with Crippen molar-refractivity contribution in [1.82, 2.24) is 20.7 Å². The van der Waals surface area contributed by atoms with E-state index in [0.717, 1.165) is 24.2 Å². The average Bonchev–Trinajstić information content (AvgIpc) is 2.93. The molecule has 102 valence electrons. The van der Waals surface area contributed by atoms with Crippen molar-refractivity contribution in [3.63, 3.8) is 0 Å². The lowest BCUT2D eigenvalue weighted by molar-refractivity contribution is 0.514. The molecule has 1 heterocycles. The van der Waals surface area contributed by atoms with Gasteiger partial charge in [0.1, 0.15) is 5.82 Å². The Morgan fingerprint density at radius 2 is 2.32 bits per heavy atom. The van der Waals surface area contributed by atoms with Gasteiger partial charge in [0.2, 0.25) is 0 Å². The summed E-state index contributed by atoms with van der Waals surface area (Å²) in [6, 6.07) is 5.10. The number of hydrogen-bond acceptors (Lipinski definition) is 3. The maximum atomic E-state index is 13.5. The van der Waals surface area contributed by atoms with E-state index in [1.165, 1.54) is 6.07 Å². The van der Waals surface area contributed by atoms with E-state index < -0.39 is 0 Å². The van der Waals surface area contributed by atoms with E-state index in [9.17, 15) is 4.39 Å². The monoisotopic (exact) mass is 326 g/mol. The number of H-pyrrole nitrogens is 1. The number of hydrogen-bond donors (Lipinski definition) is 2. The molecule has 0 radical (unpaired) electrons. The molecule has 19 heavy (non-hydrogen) atoms. The zero-order valence-corrected chi connectivity index (χ0v) is 12.2. The predicted octanol–water partition coefficient (Wildman–Crippen LogP) is 2.99. The molecular formula is C13H16BrFN4. The lowest BCUT2D eigenvalue weighted by Gasteiger charge is -2.17. The quantitative estimate of drug-likeness (QED) is 0.858. The number of nitrogens with one attached hydrogen (secondary N) is 2. The molecule has 1 unspecified atom stereocenters. The topological polar surface area (TPSA) is 53.6 Å². The van der Waals surface area contributed by atoms with Crippen LogP contribution in [0.2, 0.25) is 0 Å². The normalized spacial score (nSPS) is 12.6. The fourth-order valence-electron chi connectivity index (χ4n) is 1.90. The third-order valence-corrected chi connectivity index (χ3v) is 3.78. The summed E-state index contributed by atoms with van der Waals surface area (Å²) in [5.41, 5.74) is 1.75. The van der Waals surface area contributed by atoms with Crippen molar-refractivity contribution in [1.29, 1.82) is 0 Å². The summed E-state index contributed by atoms with van der Waals surface area (Å²) >= 11 is 3.29. The van der Waals surface area contributed by atoms with Crippen molar-refractivity contribution in [3.05, 3.63) is 45.9 Å². The van der Waals surface area contributed by atoms with Gasteiger partial charge in [-0.25, -0.2) is 4.39 Å². The number of nitrogens with zero attached hydrogens (tertiary/aromatic N) is 2. The Morgan fingerprint density at radius 1 is 1.47 bits per heavy atom. The SMILES string of the molecule is CCCNC(Cc1cccc(F)c1Br)c1cn[nH]n1. The van der Waals surface area contributed by atoms with E-state index in [1.807, 2.05) is 6.07 Å². The van der Waals surface area contributed by atoms with E-state index in [2.05, 4.69) is 43.6 Å². The van der Waals surface area contributed by atoms with Crippen molar-refractivity contribution in [2.24, 2.45) is 0 Å². The van der Waals surface area contributed by atoms with Crippen LogP contribution in [0.1, 0.15) is 30.6 Å². The first-order chi connectivity index (χ1) is 9.22.